The van der Waals surface area contributed by atoms with Gasteiger partial charge < -0.3 is 15.5 Å². The third-order valence-electron chi connectivity index (χ3n) is 5.56. The minimum Gasteiger partial charge on any atom is -0.366 e. The summed E-state index contributed by atoms with van der Waals surface area (Å²) in [6, 6.07) is 13.7. The van der Waals surface area contributed by atoms with Gasteiger partial charge in [-0.05, 0) is 17.7 Å². The standard InChI is InChI=1S/C20H22N4O2/c1-13(25)24-11-16-10-23(18-9-15(20(21)26)7-8-22-18)12-17(16)19(24)14-5-3-2-4-6-14/h2-9,16-17,19H,10-12H2,1H3,(H2,21,26)/t16-,17-,19-/m1/s1. The Morgan fingerprint density at radius 3 is 2.58 bits per heavy atom. The van der Waals surface area contributed by atoms with Gasteiger partial charge in [0.1, 0.15) is 5.82 Å². The van der Waals surface area contributed by atoms with E-state index in [1.807, 2.05) is 23.1 Å². The first kappa shape index (κ1) is 16.6. The predicted octanol–water partition coefficient (Wildman–Crippen LogP) is 1.84. The zero-order valence-corrected chi connectivity index (χ0v) is 14.7. The molecule has 6 heteroatoms. The SMILES string of the molecule is CC(=O)N1C[C@H]2CN(c3cc(C(N)=O)ccn3)C[C@H]2[C@H]1c1ccccc1. The summed E-state index contributed by atoms with van der Waals surface area (Å²) in [7, 11) is 0. The van der Waals surface area contributed by atoms with Gasteiger partial charge in [-0.1, -0.05) is 30.3 Å². The minimum absolute atomic E-state index is 0.0861. The maximum Gasteiger partial charge on any atom is 0.248 e. The van der Waals surface area contributed by atoms with Crippen LogP contribution in [0.4, 0.5) is 5.82 Å². The first-order valence-electron chi connectivity index (χ1n) is 8.87. The van der Waals surface area contributed by atoms with E-state index in [1.165, 1.54) is 5.56 Å². The van der Waals surface area contributed by atoms with Crippen molar-refractivity contribution >= 4 is 17.6 Å². The van der Waals surface area contributed by atoms with Crippen molar-refractivity contribution in [3.05, 3.63) is 59.8 Å². The molecular weight excluding hydrogens is 328 g/mol. The Morgan fingerprint density at radius 1 is 1.12 bits per heavy atom. The summed E-state index contributed by atoms with van der Waals surface area (Å²) in [6.45, 7) is 4.04. The quantitative estimate of drug-likeness (QED) is 0.916. The zero-order chi connectivity index (χ0) is 18.3. The van der Waals surface area contributed by atoms with Crippen LogP contribution < -0.4 is 10.6 Å². The normalized spacial score (nSPS) is 24.6. The van der Waals surface area contributed by atoms with E-state index in [-0.39, 0.29) is 11.9 Å². The van der Waals surface area contributed by atoms with Crippen LogP contribution in [0, 0.1) is 11.8 Å². The summed E-state index contributed by atoms with van der Waals surface area (Å²) >= 11 is 0. The van der Waals surface area contributed by atoms with Crippen LogP contribution in [0.15, 0.2) is 48.7 Å². The van der Waals surface area contributed by atoms with E-state index in [0.29, 0.717) is 17.4 Å². The van der Waals surface area contributed by atoms with E-state index in [4.69, 9.17) is 5.73 Å². The fourth-order valence-corrected chi connectivity index (χ4v) is 4.38. The molecule has 0 unspecified atom stereocenters. The van der Waals surface area contributed by atoms with Crippen molar-refractivity contribution < 1.29 is 9.59 Å². The summed E-state index contributed by atoms with van der Waals surface area (Å²) < 4.78 is 0. The van der Waals surface area contributed by atoms with Crippen LogP contribution in [-0.4, -0.2) is 41.3 Å². The number of likely N-dealkylation sites (tertiary alicyclic amines) is 1. The molecule has 1 aromatic heterocycles. The molecule has 2 saturated heterocycles. The van der Waals surface area contributed by atoms with E-state index < -0.39 is 5.91 Å². The number of hydrogen-bond acceptors (Lipinski definition) is 4. The van der Waals surface area contributed by atoms with Gasteiger partial charge in [0.25, 0.3) is 0 Å². The highest BCUT2D eigenvalue weighted by Crippen LogP contribution is 2.45. The van der Waals surface area contributed by atoms with Gasteiger partial charge in [0.05, 0.1) is 6.04 Å². The highest BCUT2D eigenvalue weighted by Gasteiger charge is 2.48. The molecular formula is C20H22N4O2. The van der Waals surface area contributed by atoms with Gasteiger partial charge in [0.2, 0.25) is 11.8 Å². The van der Waals surface area contributed by atoms with Crippen molar-refractivity contribution in [2.75, 3.05) is 24.5 Å². The molecule has 2 aliphatic rings. The molecule has 0 aliphatic carbocycles. The number of carbonyl (C=O) groups excluding carboxylic acids is 2. The van der Waals surface area contributed by atoms with Crippen LogP contribution in [0.5, 0.6) is 0 Å². The Kier molecular flexibility index (Phi) is 4.11. The Balaban J connectivity index is 1.62. The third-order valence-corrected chi connectivity index (χ3v) is 5.56. The van der Waals surface area contributed by atoms with Crippen molar-refractivity contribution in [2.45, 2.75) is 13.0 Å². The molecule has 134 valence electrons. The van der Waals surface area contributed by atoms with E-state index in [0.717, 1.165) is 25.5 Å². The average molecular weight is 350 g/mol. The van der Waals surface area contributed by atoms with E-state index in [2.05, 4.69) is 22.0 Å². The number of fused-ring (bicyclic) bond motifs is 1. The molecule has 6 nitrogen and oxygen atoms in total. The lowest BCUT2D eigenvalue weighted by molar-refractivity contribution is -0.130. The number of hydrogen-bond donors (Lipinski definition) is 1. The first-order chi connectivity index (χ1) is 12.5. The number of primary amides is 1. The second-order valence-electron chi connectivity index (χ2n) is 7.12. The minimum atomic E-state index is -0.446. The van der Waals surface area contributed by atoms with Gasteiger partial charge >= 0.3 is 0 Å². The molecule has 2 aromatic rings. The van der Waals surface area contributed by atoms with Crippen molar-refractivity contribution in [3.63, 3.8) is 0 Å². The third kappa shape index (κ3) is 2.81. The van der Waals surface area contributed by atoms with Crippen LogP contribution in [0.2, 0.25) is 0 Å². The molecule has 0 saturated carbocycles. The number of aromatic nitrogens is 1. The maximum atomic E-state index is 12.2. The van der Waals surface area contributed by atoms with Crippen molar-refractivity contribution in [2.24, 2.45) is 17.6 Å². The molecule has 4 rings (SSSR count). The molecule has 3 heterocycles. The average Bonchev–Trinajstić information content (AvgIpc) is 3.20. The number of carbonyl (C=O) groups is 2. The van der Waals surface area contributed by atoms with Crippen LogP contribution in [0.3, 0.4) is 0 Å². The fraction of sp³-hybridized carbons (Fsp3) is 0.350. The number of anilines is 1. The Hall–Kier alpha value is -2.89. The molecule has 2 amide bonds. The smallest absolute Gasteiger partial charge is 0.248 e. The van der Waals surface area contributed by atoms with Crippen LogP contribution in [0.25, 0.3) is 0 Å². The Labute approximate surface area is 152 Å². The molecule has 26 heavy (non-hydrogen) atoms. The second kappa shape index (κ2) is 6.44. The Bertz CT molecular complexity index is 839. The monoisotopic (exact) mass is 350 g/mol. The number of pyridine rings is 1. The molecule has 2 N–H and O–H groups in total. The van der Waals surface area contributed by atoms with Gasteiger partial charge in [-0.3, -0.25) is 9.59 Å². The predicted molar refractivity (Wildman–Crippen MR) is 98.5 cm³/mol. The van der Waals surface area contributed by atoms with Crippen LogP contribution in [0.1, 0.15) is 28.9 Å². The van der Waals surface area contributed by atoms with Crippen molar-refractivity contribution in [1.29, 1.82) is 0 Å². The molecule has 0 radical (unpaired) electrons. The van der Waals surface area contributed by atoms with Crippen molar-refractivity contribution in [3.8, 4) is 0 Å². The lowest BCUT2D eigenvalue weighted by Crippen LogP contribution is -2.34. The molecule has 2 aliphatic heterocycles. The van der Waals surface area contributed by atoms with Gasteiger partial charge in [-0.15, -0.1) is 0 Å². The van der Waals surface area contributed by atoms with E-state index in [9.17, 15) is 9.59 Å². The zero-order valence-electron chi connectivity index (χ0n) is 14.7. The largest absolute Gasteiger partial charge is 0.366 e. The van der Waals surface area contributed by atoms with E-state index in [1.54, 1.807) is 25.3 Å². The highest BCUT2D eigenvalue weighted by atomic mass is 16.2. The summed E-state index contributed by atoms with van der Waals surface area (Å²) in [5.41, 5.74) is 7.04. The first-order valence-corrected chi connectivity index (χ1v) is 8.87. The lowest BCUT2D eigenvalue weighted by atomic mass is 9.89. The van der Waals surface area contributed by atoms with Gasteiger partial charge in [-0.2, -0.15) is 0 Å². The molecule has 1 aromatic carbocycles. The lowest BCUT2D eigenvalue weighted by Gasteiger charge is -2.29. The number of rotatable bonds is 3. The summed E-state index contributed by atoms with van der Waals surface area (Å²) in [5.74, 6) is 1.19. The van der Waals surface area contributed by atoms with Crippen LogP contribution in [-0.2, 0) is 4.79 Å². The number of amides is 2. The van der Waals surface area contributed by atoms with Gasteiger partial charge in [0, 0.05) is 50.2 Å². The molecule has 2 fully saturated rings. The summed E-state index contributed by atoms with van der Waals surface area (Å²) in [4.78, 5) is 32.3. The fourth-order valence-electron chi connectivity index (χ4n) is 4.38. The summed E-state index contributed by atoms with van der Waals surface area (Å²) in [5, 5.41) is 0. The molecule has 0 bridgehead atoms. The number of nitrogens with zero attached hydrogens (tertiary/aromatic N) is 3. The summed E-state index contributed by atoms with van der Waals surface area (Å²) in [6.07, 6.45) is 1.63. The topological polar surface area (TPSA) is 79.5 Å². The Morgan fingerprint density at radius 2 is 1.88 bits per heavy atom. The van der Waals surface area contributed by atoms with Gasteiger partial charge in [0.15, 0.2) is 0 Å². The van der Waals surface area contributed by atoms with Crippen molar-refractivity contribution in [1.82, 2.24) is 9.88 Å². The van der Waals surface area contributed by atoms with Crippen LogP contribution >= 0.6 is 0 Å². The number of nitrogens with two attached hydrogens (primary N) is 1. The molecule has 3 atom stereocenters. The maximum absolute atomic E-state index is 12.2. The second-order valence-corrected chi connectivity index (χ2v) is 7.12. The highest BCUT2D eigenvalue weighted by molar-refractivity contribution is 5.93. The van der Waals surface area contributed by atoms with E-state index >= 15 is 0 Å². The number of benzene rings is 1. The molecule has 0 spiro atoms. The van der Waals surface area contributed by atoms with Gasteiger partial charge in [-0.25, -0.2) is 4.98 Å².